The fraction of sp³-hybridized carbons (Fsp3) is 0.138. The number of aromatic nitrogens is 2. The summed E-state index contributed by atoms with van der Waals surface area (Å²) in [4.78, 5) is 4.50. The third kappa shape index (κ3) is 10.3. The summed E-state index contributed by atoms with van der Waals surface area (Å²) in [5, 5.41) is 28.7. The third-order valence-electron chi connectivity index (χ3n) is 11.6. The van der Waals surface area contributed by atoms with Gasteiger partial charge in [0.25, 0.3) is 0 Å². The molecule has 10 rings (SSSR count). The van der Waals surface area contributed by atoms with Crippen LogP contribution >= 0.6 is 0 Å². The molecule has 0 amide bonds. The van der Waals surface area contributed by atoms with Gasteiger partial charge < -0.3 is 24.2 Å². The second-order valence-electron chi connectivity index (χ2n) is 16.8. The number of rotatable bonds is 9. The Morgan fingerprint density at radius 3 is 1.03 bits per heavy atom. The van der Waals surface area contributed by atoms with Crippen molar-refractivity contribution in [2.75, 3.05) is 27.2 Å². The smallest absolute Gasteiger partial charge is 0.505 e. The summed E-state index contributed by atoms with van der Waals surface area (Å²) in [6, 6.07) is 61.6. The minimum absolute atomic E-state index is 0. The van der Waals surface area contributed by atoms with Gasteiger partial charge in [0.1, 0.15) is 11.5 Å². The maximum absolute atomic E-state index is 12.1. The molecule has 65 heavy (non-hydrogen) atoms. The van der Waals surface area contributed by atoms with Crippen molar-refractivity contribution in [1.82, 2.24) is 18.9 Å². The largest absolute Gasteiger partial charge is 3.00 e. The van der Waals surface area contributed by atoms with Crippen LogP contribution in [0.15, 0.2) is 182 Å². The molecule has 0 bridgehead atoms. The van der Waals surface area contributed by atoms with Crippen molar-refractivity contribution in [3.8, 4) is 22.9 Å². The topological polar surface area (TPSA) is 56.8 Å². The molecule has 0 fully saturated rings. The predicted octanol–water partition coefficient (Wildman–Crippen LogP) is 13.2. The Morgan fingerprint density at radius 2 is 0.738 bits per heavy atom. The molecule has 0 unspecified atom stereocenters. The van der Waals surface area contributed by atoms with E-state index in [1.54, 1.807) is 0 Å². The van der Waals surface area contributed by atoms with Crippen molar-refractivity contribution in [3.05, 3.63) is 229 Å². The summed E-state index contributed by atoms with van der Waals surface area (Å²) >= 11 is 0. The van der Waals surface area contributed by atoms with Crippen molar-refractivity contribution in [2.45, 2.75) is 26.9 Å². The summed E-state index contributed by atoms with van der Waals surface area (Å²) in [6.07, 6.45) is 0. The monoisotopic (exact) mass is 888 g/mol. The van der Waals surface area contributed by atoms with Gasteiger partial charge in [-0.25, -0.2) is 0 Å². The zero-order chi connectivity index (χ0) is 44.7. The predicted molar refractivity (Wildman–Crippen MR) is 269 cm³/mol. The second kappa shape index (κ2) is 20.9. The van der Waals surface area contributed by atoms with Gasteiger partial charge in [0.15, 0.2) is 0 Å². The van der Waals surface area contributed by atoms with Crippen molar-refractivity contribution < 1.29 is 31.9 Å². The number of aryl methyl sites for hydroxylation is 2. The van der Waals surface area contributed by atoms with Crippen LogP contribution in [-0.4, -0.2) is 56.3 Å². The molecular weight excluding hydrogens is 833 g/mol. The van der Waals surface area contributed by atoms with Crippen LogP contribution in [0.3, 0.4) is 0 Å². The number of para-hydroxylation sites is 4. The van der Waals surface area contributed by atoms with E-state index in [-0.39, 0.29) is 33.2 Å². The van der Waals surface area contributed by atoms with E-state index in [1.807, 2.05) is 60.7 Å². The van der Waals surface area contributed by atoms with Crippen LogP contribution in [0.4, 0.5) is 0 Å². The zero-order valence-corrected chi connectivity index (χ0v) is 39.3. The van der Waals surface area contributed by atoms with Gasteiger partial charge >= 0.3 is 21.7 Å². The molecule has 0 spiro atoms. The average Bonchev–Trinajstić information content (AvgIpc) is 3.82. The van der Waals surface area contributed by atoms with Gasteiger partial charge in [0, 0.05) is 58.9 Å². The van der Waals surface area contributed by atoms with Gasteiger partial charge in [-0.1, -0.05) is 97.1 Å². The minimum Gasteiger partial charge on any atom is -0.505 e. The molecule has 0 aliphatic heterocycles. The maximum atomic E-state index is 12.1. The third-order valence-corrected chi connectivity index (χ3v) is 11.6. The quantitative estimate of drug-likeness (QED) is 0.112. The fourth-order valence-electron chi connectivity index (χ4n) is 8.61. The van der Waals surface area contributed by atoms with Crippen LogP contribution < -0.4 is 0 Å². The maximum Gasteiger partial charge on any atom is 3.00 e. The van der Waals surface area contributed by atoms with Gasteiger partial charge in [-0.2, -0.15) is 49.2 Å². The summed E-state index contributed by atoms with van der Waals surface area (Å²) in [6.45, 7) is 14.2. The van der Waals surface area contributed by atoms with E-state index in [4.69, 9.17) is 0 Å². The van der Waals surface area contributed by atoms with E-state index in [2.05, 4.69) is 182 Å². The molecule has 6 nitrogen and oxygen atoms in total. The number of phenolic OH excluding ortho intramolecular Hbond substituents is 2. The van der Waals surface area contributed by atoms with E-state index in [1.165, 1.54) is 0 Å². The summed E-state index contributed by atoms with van der Waals surface area (Å²) in [5.74, 6) is 0.549. The molecule has 10 aromatic rings. The molecular formula is C58H56N4O2Ti+. The molecule has 0 aliphatic carbocycles. The molecule has 2 aromatic heterocycles. The Hall–Kier alpha value is -6.67. The van der Waals surface area contributed by atoms with Gasteiger partial charge in [-0.05, 0) is 75.5 Å². The minimum atomic E-state index is 0. The van der Waals surface area contributed by atoms with Gasteiger partial charge in [-0.3, -0.25) is 4.90 Å². The molecule has 0 saturated heterocycles. The van der Waals surface area contributed by atoms with Crippen LogP contribution in [0.25, 0.3) is 55.0 Å². The number of benzene rings is 8. The summed E-state index contributed by atoms with van der Waals surface area (Å²) < 4.78 is 4.37. The van der Waals surface area contributed by atoms with Crippen LogP contribution in [0.1, 0.15) is 33.4 Å². The van der Waals surface area contributed by atoms with E-state index >= 15 is 0 Å². The molecule has 323 valence electrons. The van der Waals surface area contributed by atoms with Crippen LogP contribution in [0.2, 0.25) is 0 Å². The van der Waals surface area contributed by atoms with Crippen molar-refractivity contribution >= 4 is 43.6 Å². The molecule has 0 saturated carbocycles. The summed E-state index contributed by atoms with van der Waals surface area (Å²) in [7, 11) is 4.15. The molecule has 1 radical (unpaired) electrons. The van der Waals surface area contributed by atoms with Crippen molar-refractivity contribution in [2.24, 2.45) is 0 Å². The molecule has 0 aliphatic rings. The van der Waals surface area contributed by atoms with Crippen LogP contribution in [0.5, 0.6) is 11.5 Å². The Balaban J connectivity index is 0.000000359. The molecule has 7 heteroatoms. The van der Waals surface area contributed by atoms with E-state index in [0.29, 0.717) is 13.1 Å². The number of nitrogens with zero attached hydrogens (tertiary/aromatic N) is 4. The SMILES string of the molecule is Cc1cc(CN(CCN(C)C)Cc2cc(C)cc(-n3c4ccccc4c4ccccc43)c2O)c(O)c(-n2c3ccccc3c3ccccc32)c1.[CH2-]c1ccccc1.[CH2-]c1ccccc1.[Ti+3]. The first-order valence-electron chi connectivity index (χ1n) is 21.8. The number of hydrogen-bond acceptors (Lipinski definition) is 4. The number of phenols is 2. The molecule has 0 atom stereocenters. The fourth-order valence-corrected chi connectivity index (χ4v) is 8.61. The Kier molecular flexibility index (Phi) is 14.9. The Labute approximate surface area is 398 Å². The van der Waals surface area contributed by atoms with Gasteiger partial charge in [-0.15, -0.1) is 24.3 Å². The standard InChI is InChI=1S/C44H42N4O2.2C7H7.Ti/c1-29-23-31(43(49)41(25-29)47-37-17-9-5-13-33(37)34-14-6-10-18-38(34)47)27-46(22-21-45(3)4)28-32-24-30(2)26-42(44(32)50)48-39-19-11-7-15-35(39)36-16-8-12-20-40(36)48;2*1-7-5-3-2-4-6-7;/h5-20,23-26,49-50H,21-22,27-28H2,1-4H3;2*2-6H,1H2;/q;2*-1;+3. The first-order valence-corrected chi connectivity index (χ1v) is 21.8. The van der Waals surface area contributed by atoms with Gasteiger partial charge in [0.05, 0.1) is 33.4 Å². The van der Waals surface area contributed by atoms with Gasteiger partial charge in [0.2, 0.25) is 0 Å². The first-order chi connectivity index (χ1) is 31.1. The Bertz CT molecular complexity index is 2860. The van der Waals surface area contributed by atoms with E-state index in [0.717, 1.165) is 101 Å². The van der Waals surface area contributed by atoms with Crippen LogP contribution in [-0.2, 0) is 34.8 Å². The van der Waals surface area contributed by atoms with Crippen molar-refractivity contribution in [3.63, 3.8) is 0 Å². The second-order valence-corrected chi connectivity index (χ2v) is 16.8. The molecule has 2 N–H and O–H groups in total. The van der Waals surface area contributed by atoms with Crippen LogP contribution in [0, 0.1) is 27.7 Å². The zero-order valence-electron chi connectivity index (χ0n) is 37.7. The number of fused-ring (bicyclic) bond motifs is 6. The van der Waals surface area contributed by atoms with Crippen molar-refractivity contribution in [1.29, 1.82) is 0 Å². The van der Waals surface area contributed by atoms with E-state index in [9.17, 15) is 10.2 Å². The van der Waals surface area contributed by atoms with E-state index < -0.39 is 0 Å². The summed E-state index contributed by atoms with van der Waals surface area (Å²) in [5.41, 5.74) is 11.8. The molecule has 8 aromatic carbocycles. The number of aromatic hydroxyl groups is 2. The first kappa shape index (κ1) is 46.3. The molecule has 2 heterocycles. The number of likely N-dealkylation sites (N-methyl/N-ethyl adjacent to an activating group) is 1. The number of hydrogen-bond donors (Lipinski definition) is 2. The average molecular weight is 889 g/mol. The Morgan fingerprint density at radius 1 is 0.431 bits per heavy atom. The normalized spacial score (nSPS) is 11.1.